The van der Waals surface area contributed by atoms with E-state index in [0.717, 1.165) is 33.3 Å². The monoisotopic (exact) mass is 494 g/mol. The fourth-order valence-electron chi connectivity index (χ4n) is 3.94. The molecule has 9 heteroatoms. The van der Waals surface area contributed by atoms with Crippen molar-refractivity contribution in [3.63, 3.8) is 0 Å². The molecule has 0 aliphatic carbocycles. The molecule has 1 aromatic heterocycles. The number of carbonyl (C=O) groups excluding carboxylic acids is 1. The highest BCUT2D eigenvalue weighted by molar-refractivity contribution is 7.89. The van der Waals surface area contributed by atoms with E-state index in [-0.39, 0.29) is 22.4 Å². The van der Waals surface area contributed by atoms with Crippen LogP contribution >= 0.6 is 0 Å². The van der Waals surface area contributed by atoms with Crippen LogP contribution < -0.4 is 10.1 Å². The molecule has 184 valence electrons. The quantitative estimate of drug-likeness (QED) is 0.513. The molecule has 1 aliphatic rings. The topological polar surface area (TPSA) is 91.8 Å². The molecule has 1 N–H and O–H groups in total. The van der Waals surface area contributed by atoms with E-state index in [0.29, 0.717) is 18.8 Å². The zero-order valence-corrected chi connectivity index (χ0v) is 21.2. The highest BCUT2D eigenvalue weighted by Crippen LogP contribution is 2.28. The number of hydrogen-bond donors (Lipinski definition) is 1. The molecule has 1 unspecified atom stereocenters. The Bertz CT molecular complexity index is 1330. The van der Waals surface area contributed by atoms with E-state index >= 15 is 0 Å². The number of aromatic nitrogens is 1. The van der Waals surface area contributed by atoms with Gasteiger partial charge in [0.05, 0.1) is 23.2 Å². The van der Waals surface area contributed by atoms with E-state index in [4.69, 9.17) is 4.74 Å². The number of hydrogen-bond acceptors (Lipinski definition) is 6. The van der Waals surface area contributed by atoms with Crippen molar-refractivity contribution in [3.05, 3.63) is 83.2 Å². The number of sulfonamides is 1. The van der Waals surface area contributed by atoms with Crippen molar-refractivity contribution >= 4 is 21.6 Å². The van der Waals surface area contributed by atoms with Crippen LogP contribution in [0.5, 0.6) is 5.75 Å². The second-order valence-corrected chi connectivity index (χ2v) is 10.9. The van der Waals surface area contributed by atoms with Crippen molar-refractivity contribution in [1.29, 1.82) is 0 Å². The van der Waals surface area contributed by atoms with Crippen molar-refractivity contribution in [1.82, 2.24) is 14.2 Å². The van der Waals surface area contributed by atoms with Crippen molar-refractivity contribution in [2.75, 3.05) is 33.1 Å². The molecule has 1 amide bonds. The Kier molecular flexibility index (Phi) is 7.09. The van der Waals surface area contributed by atoms with Crippen LogP contribution in [0.25, 0.3) is 0 Å². The number of anilines is 1. The third-order valence-corrected chi connectivity index (χ3v) is 7.99. The van der Waals surface area contributed by atoms with Crippen molar-refractivity contribution in [2.45, 2.75) is 30.8 Å². The largest absolute Gasteiger partial charge is 0.493 e. The molecule has 3 aromatic rings. The van der Waals surface area contributed by atoms with E-state index in [9.17, 15) is 13.2 Å². The van der Waals surface area contributed by atoms with Gasteiger partial charge in [0.1, 0.15) is 5.75 Å². The minimum Gasteiger partial charge on any atom is -0.493 e. The molecular weight excluding hydrogens is 464 g/mol. The average molecular weight is 495 g/mol. The Hall–Kier alpha value is -3.43. The van der Waals surface area contributed by atoms with Crippen LogP contribution in [0.3, 0.4) is 0 Å². The first kappa shape index (κ1) is 24.7. The molecule has 0 saturated heterocycles. The highest BCUT2D eigenvalue weighted by atomic mass is 32.2. The summed E-state index contributed by atoms with van der Waals surface area (Å²) in [6.07, 6.45) is 2.56. The Morgan fingerprint density at radius 3 is 2.63 bits per heavy atom. The maximum Gasteiger partial charge on any atom is 0.254 e. The zero-order valence-electron chi connectivity index (χ0n) is 20.4. The van der Waals surface area contributed by atoms with Crippen LogP contribution in [0.15, 0.2) is 65.7 Å². The molecule has 0 spiro atoms. The predicted molar refractivity (Wildman–Crippen MR) is 135 cm³/mol. The van der Waals surface area contributed by atoms with Gasteiger partial charge in [0.15, 0.2) is 0 Å². The zero-order chi connectivity index (χ0) is 25.2. The van der Waals surface area contributed by atoms with Gasteiger partial charge < -0.3 is 15.0 Å². The summed E-state index contributed by atoms with van der Waals surface area (Å²) in [6.45, 7) is 3.05. The first-order valence-corrected chi connectivity index (χ1v) is 12.8. The maximum absolute atomic E-state index is 13.4. The molecule has 4 rings (SSSR count). The lowest BCUT2D eigenvalue weighted by Crippen LogP contribution is -2.30. The van der Waals surface area contributed by atoms with Gasteiger partial charge in [-0.25, -0.2) is 12.7 Å². The number of benzene rings is 2. The van der Waals surface area contributed by atoms with E-state index in [1.807, 2.05) is 37.3 Å². The molecule has 0 fully saturated rings. The van der Waals surface area contributed by atoms with Gasteiger partial charge in [0.25, 0.3) is 5.91 Å². The molecule has 8 nitrogen and oxygen atoms in total. The van der Waals surface area contributed by atoms with Crippen LogP contribution in [-0.2, 0) is 23.0 Å². The van der Waals surface area contributed by atoms with Crippen molar-refractivity contribution < 1.29 is 17.9 Å². The second-order valence-electron chi connectivity index (χ2n) is 8.77. The number of carbonyl (C=O) groups is 1. The SMILES string of the molecule is CC(c1ccccn1)N(C)C(=O)c1cc(NCc2ccc3c(c2)CCO3)cc(S(=O)(=O)N(C)C)c1. The maximum atomic E-state index is 13.4. The van der Waals surface area contributed by atoms with Gasteiger partial charge in [-0.1, -0.05) is 18.2 Å². The standard InChI is InChI=1S/C26H30N4O4S/c1-18(24-7-5-6-11-27-24)30(4)26(31)21-14-22(16-23(15-21)35(32,33)29(2)3)28-17-19-8-9-25-20(13-19)10-12-34-25/h5-9,11,13-16,18,28H,10,12,17H2,1-4H3. The molecule has 0 saturated carbocycles. The minimum absolute atomic E-state index is 0.0529. The number of amides is 1. The van der Waals surface area contributed by atoms with Crippen LogP contribution in [0.4, 0.5) is 5.69 Å². The summed E-state index contributed by atoms with van der Waals surface area (Å²) in [7, 11) is 0.880. The first-order chi connectivity index (χ1) is 16.7. The number of nitrogens with zero attached hydrogens (tertiary/aromatic N) is 3. The summed E-state index contributed by atoms with van der Waals surface area (Å²) in [5.41, 5.74) is 3.78. The Labute approximate surface area is 206 Å². The highest BCUT2D eigenvalue weighted by Gasteiger charge is 2.24. The molecule has 0 bridgehead atoms. The Balaban J connectivity index is 1.63. The minimum atomic E-state index is -3.75. The van der Waals surface area contributed by atoms with Gasteiger partial charge in [0, 0.05) is 51.6 Å². The molecule has 2 aromatic carbocycles. The molecule has 1 aliphatic heterocycles. The van der Waals surface area contributed by atoms with Crippen LogP contribution in [0, 0.1) is 0 Å². The normalized spacial score (nSPS) is 13.7. The van der Waals surface area contributed by atoms with Crippen LogP contribution in [0.1, 0.15) is 40.1 Å². The van der Waals surface area contributed by atoms with Gasteiger partial charge >= 0.3 is 0 Å². The van der Waals surface area contributed by atoms with Gasteiger partial charge in [-0.3, -0.25) is 9.78 Å². The van der Waals surface area contributed by atoms with Gasteiger partial charge in [-0.15, -0.1) is 0 Å². The van der Waals surface area contributed by atoms with Crippen LogP contribution in [-0.4, -0.2) is 56.3 Å². The number of rotatable bonds is 8. The lowest BCUT2D eigenvalue weighted by atomic mass is 10.1. The number of nitrogens with one attached hydrogen (secondary N) is 1. The number of pyridine rings is 1. The lowest BCUT2D eigenvalue weighted by Gasteiger charge is -2.25. The molecule has 35 heavy (non-hydrogen) atoms. The predicted octanol–water partition coefficient (Wildman–Crippen LogP) is 3.71. The van der Waals surface area contributed by atoms with E-state index in [1.165, 1.54) is 20.2 Å². The summed E-state index contributed by atoms with van der Waals surface area (Å²) in [5, 5.41) is 3.29. The Morgan fingerprint density at radius 2 is 1.91 bits per heavy atom. The summed E-state index contributed by atoms with van der Waals surface area (Å²) in [5.74, 6) is 0.613. The number of ether oxygens (including phenoxy) is 1. The lowest BCUT2D eigenvalue weighted by molar-refractivity contribution is 0.0739. The fraction of sp³-hybridized carbons (Fsp3) is 0.308. The van der Waals surface area contributed by atoms with Gasteiger partial charge in [0.2, 0.25) is 10.0 Å². The Morgan fingerprint density at radius 1 is 1.11 bits per heavy atom. The van der Waals surface area contributed by atoms with Crippen molar-refractivity contribution in [2.24, 2.45) is 0 Å². The summed E-state index contributed by atoms with van der Waals surface area (Å²) < 4.78 is 32.6. The smallest absolute Gasteiger partial charge is 0.254 e. The average Bonchev–Trinajstić information content (AvgIpc) is 3.34. The summed E-state index contributed by atoms with van der Waals surface area (Å²) in [6, 6.07) is 16.0. The molecule has 2 heterocycles. The third-order valence-electron chi connectivity index (χ3n) is 6.20. The summed E-state index contributed by atoms with van der Waals surface area (Å²) >= 11 is 0. The third kappa shape index (κ3) is 5.31. The molecule has 1 atom stereocenters. The first-order valence-electron chi connectivity index (χ1n) is 11.4. The second kappa shape index (κ2) is 10.1. The summed E-state index contributed by atoms with van der Waals surface area (Å²) in [4.78, 5) is 19.4. The number of fused-ring (bicyclic) bond motifs is 1. The molecule has 0 radical (unpaired) electrons. The van der Waals surface area contributed by atoms with E-state index in [1.54, 1.807) is 30.3 Å². The fourth-order valence-corrected chi connectivity index (χ4v) is 4.91. The van der Waals surface area contributed by atoms with Crippen LogP contribution in [0.2, 0.25) is 0 Å². The van der Waals surface area contributed by atoms with E-state index < -0.39 is 10.0 Å². The van der Waals surface area contributed by atoms with Gasteiger partial charge in [-0.05, 0) is 54.4 Å². The molecular formula is C26H30N4O4S. The van der Waals surface area contributed by atoms with Gasteiger partial charge in [-0.2, -0.15) is 0 Å². The van der Waals surface area contributed by atoms with Crippen molar-refractivity contribution in [3.8, 4) is 5.75 Å². The van der Waals surface area contributed by atoms with E-state index in [2.05, 4.69) is 16.4 Å².